The van der Waals surface area contributed by atoms with Gasteiger partial charge in [-0.1, -0.05) is 150 Å². The molecular weight excluding hydrogens is 859 g/mol. The van der Waals surface area contributed by atoms with E-state index in [9.17, 15) is 45.6 Å². The van der Waals surface area contributed by atoms with Crippen LogP contribution in [0.15, 0.2) is 97.2 Å². The molecular formula is C53H87NO13. The molecule has 0 aromatic carbocycles. The van der Waals surface area contributed by atoms with Crippen LogP contribution in [0.4, 0.5) is 0 Å². The number of aliphatic hydroxyl groups excluding tert-OH is 8. The first-order valence-electron chi connectivity index (χ1n) is 25.0. The van der Waals surface area contributed by atoms with E-state index in [1.165, 1.54) is 0 Å². The molecule has 382 valence electrons. The molecule has 12 unspecified atom stereocenters. The van der Waals surface area contributed by atoms with Gasteiger partial charge in [0, 0.05) is 6.42 Å². The Hall–Kier alpha value is -3.09. The second-order valence-electron chi connectivity index (χ2n) is 17.2. The number of hydrogen-bond acceptors (Lipinski definition) is 13. The molecule has 0 aliphatic carbocycles. The lowest BCUT2D eigenvalue weighted by Crippen LogP contribution is -2.65. The van der Waals surface area contributed by atoms with Gasteiger partial charge in [0.25, 0.3) is 0 Å². The summed E-state index contributed by atoms with van der Waals surface area (Å²) in [5, 5.41) is 86.4. The quantitative estimate of drug-likeness (QED) is 0.0246. The van der Waals surface area contributed by atoms with Crippen molar-refractivity contribution in [3.8, 4) is 0 Å². The maximum atomic E-state index is 13.1. The minimum absolute atomic E-state index is 0.241. The molecule has 12 atom stereocenters. The Balaban J connectivity index is 1.73. The third-order valence-electron chi connectivity index (χ3n) is 11.6. The average molecular weight is 946 g/mol. The highest BCUT2D eigenvalue weighted by Gasteiger charge is 2.51. The fourth-order valence-corrected chi connectivity index (χ4v) is 7.48. The largest absolute Gasteiger partial charge is 0.394 e. The summed E-state index contributed by atoms with van der Waals surface area (Å²) in [7, 11) is 0. The second-order valence-corrected chi connectivity index (χ2v) is 17.2. The number of amides is 1. The molecule has 0 aromatic rings. The van der Waals surface area contributed by atoms with Gasteiger partial charge in [-0.3, -0.25) is 4.79 Å². The van der Waals surface area contributed by atoms with Crippen LogP contribution in [0.3, 0.4) is 0 Å². The summed E-state index contributed by atoms with van der Waals surface area (Å²) in [6.45, 7) is 2.59. The Bertz CT molecular complexity index is 1490. The standard InChI is InChI=1S/C53H87NO13/c1-3-5-7-9-11-12-13-14-15-16-17-18-19-20-21-22-23-24-25-26-27-28-29-30-31-33-35-37-45(58)54-41(42(57)36-34-32-10-8-6-4-2)40-64-52-50(63)48(61)51(44(39-56)66-52)67-53-49(62)47(60)46(59)43(38-55)65-53/h5,7,11-12,14-15,17-18,20-21,23-24,26-27,29-30,41-44,46-53,55-57,59-63H,3-4,6,8-10,13,16,19,22,25,28,31-40H2,1-2H3,(H,54,58)/b7-5-,12-11-,15-14-,18-17-,21-20-,24-23-,27-26-,30-29-. The van der Waals surface area contributed by atoms with Crippen LogP contribution in [-0.4, -0.2) is 140 Å². The summed E-state index contributed by atoms with van der Waals surface area (Å²) in [5.74, 6) is -0.261. The van der Waals surface area contributed by atoms with Gasteiger partial charge in [0.05, 0.1) is 32.0 Å². The van der Waals surface area contributed by atoms with Crippen molar-refractivity contribution in [1.82, 2.24) is 5.32 Å². The van der Waals surface area contributed by atoms with Gasteiger partial charge in [-0.15, -0.1) is 0 Å². The van der Waals surface area contributed by atoms with Gasteiger partial charge < -0.3 is 65.1 Å². The number of aliphatic hydroxyl groups is 8. The van der Waals surface area contributed by atoms with E-state index in [2.05, 4.69) is 116 Å². The van der Waals surface area contributed by atoms with E-state index < -0.39 is 86.8 Å². The van der Waals surface area contributed by atoms with Crippen LogP contribution in [0.5, 0.6) is 0 Å². The summed E-state index contributed by atoms with van der Waals surface area (Å²) in [6, 6.07) is -0.855. The molecule has 1 amide bonds. The van der Waals surface area contributed by atoms with E-state index >= 15 is 0 Å². The molecule has 2 aliphatic heterocycles. The molecule has 0 aromatic heterocycles. The summed E-state index contributed by atoms with van der Waals surface area (Å²) < 4.78 is 22.6. The zero-order valence-corrected chi connectivity index (χ0v) is 40.3. The predicted octanol–water partition coefficient (Wildman–Crippen LogP) is 6.37. The van der Waals surface area contributed by atoms with Crippen LogP contribution in [0.2, 0.25) is 0 Å². The van der Waals surface area contributed by atoms with Crippen LogP contribution in [-0.2, 0) is 23.7 Å². The molecule has 2 saturated heterocycles. The predicted molar refractivity (Wildman–Crippen MR) is 262 cm³/mol. The third-order valence-corrected chi connectivity index (χ3v) is 11.6. The Kier molecular flexibility index (Phi) is 34.7. The molecule has 14 nitrogen and oxygen atoms in total. The Morgan fingerprint density at radius 3 is 1.55 bits per heavy atom. The van der Waals surface area contributed by atoms with Crippen molar-refractivity contribution in [2.45, 2.75) is 209 Å². The second kappa shape index (κ2) is 38.7. The lowest BCUT2D eigenvalue weighted by Gasteiger charge is -2.46. The lowest BCUT2D eigenvalue weighted by atomic mass is 9.97. The van der Waals surface area contributed by atoms with Gasteiger partial charge in [0.1, 0.15) is 48.8 Å². The zero-order chi connectivity index (χ0) is 48.9. The number of carbonyl (C=O) groups excluding carboxylic acids is 1. The van der Waals surface area contributed by atoms with Crippen LogP contribution in [0.25, 0.3) is 0 Å². The normalized spacial score (nSPS) is 27.4. The van der Waals surface area contributed by atoms with Crippen molar-refractivity contribution < 1.29 is 64.6 Å². The van der Waals surface area contributed by atoms with Crippen molar-refractivity contribution >= 4 is 5.91 Å². The van der Waals surface area contributed by atoms with Crippen molar-refractivity contribution in [3.05, 3.63) is 97.2 Å². The van der Waals surface area contributed by atoms with Gasteiger partial charge in [-0.2, -0.15) is 0 Å². The van der Waals surface area contributed by atoms with E-state index in [4.69, 9.17) is 18.9 Å². The smallest absolute Gasteiger partial charge is 0.220 e. The molecule has 0 radical (unpaired) electrons. The highest BCUT2D eigenvalue weighted by molar-refractivity contribution is 5.76. The average Bonchev–Trinajstić information content (AvgIpc) is 3.32. The Morgan fingerprint density at radius 2 is 1.03 bits per heavy atom. The minimum Gasteiger partial charge on any atom is -0.394 e. The zero-order valence-electron chi connectivity index (χ0n) is 40.3. The molecule has 2 heterocycles. The number of nitrogens with one attached hydrogen (secondary N) is 1. The highest BCUT2D eigenvalue weighted by atomic mass is 16.7. The van der Waals surface area contributed by atoms with Gasteiger partial charge in [0.15, 0.2) is 12.6 Å². The van der Waals surface area contributed by atoms with Gasteiger partial charge in [0.2, 0.25) is 5.91 Å². The molecule has 14 heteroatoms. The van der Waals surface area contributed by atoms with Crippen LogP contribution < -0.4 is 5.32 Å². The number of ether oxygens (including phenoxy) is 4. The van der Waals surface area contributed by atoms with E-state index in [0.717, 1.165) is 103 Å². The monoisotopic (exact) mass is 946 g/mol. The Labute approximate surface area is 401 Å². The molecule has 2 fully saturated rings. The van der Waals surface area contributed by atoms with Crippen molar-refractivity contribution in [2.75, 3.05) is 19.8 Å². The van der Waals surface area contributed by atoms with Crippen molar-refractivity contribution in [3.63, 3.8) is 0 Å². The number of allylic oxidation sites excluding steroid dienone is 16. The SMILES string of the molecule is CC/C=C\C/C=C\C/C=C\C/C=C\C/C=C\C/C=C\C/C=C\C/C=C\CCCCC(=O)NC(COC1OC(CO)C(OC2OC(CO)C(O)C(O)C2O)C(O)C1O)C(O)CCCCCCCC. The molecule has 2 aliphatic rings. The van der Waals surface area contributed by atoms with E-state index in [-0.39, 0.29) is 18.9 Å². The summed E-state index contributed by atoms with van der Waals surface area (Å²) in [4.78, 5) is 13.1. The van der Waals surface area contributed by atoms with Crippen LogP contribution in [0, 0.1) is 0 Å². The molecule has 2 rings (SSSR count). The van der Waals surface area contributed by atoms with Gasteiger partial charge in [-0.25, -0.2) is 0 Å². The van der Waals surface area contributed by atoms with Crippen LogP contribution in [0.1, 0.15) is 136 Å². The number of rotatable bonds is 36. The molecule has 67 heavy (non-hydrogen) atoms. The summed E-state index contributed by atoms with van der Waals surface area (Å²) in [5.41, 5.74) is 0. The Morgan fingerprint density at radius 1 is 0.552 bits per heavy atom. The summed E-state index contributed by atoms with van der Waals surface area (Å²) in [6.07, 6.45) is 34.6. The first-order valence-corrected chi connectivity index (χ1v) is 25.0. The fourth-order valence-electron chi connectivity index (χ4n) is 7.48. The maximum absolute atomic E-state index is 13.1. The summed E-state index contributed by atoms with van der Waals surface area (Å²) >= 11 is 0. The molecule has 0 saturated carbocycles. The fraction of sp³-hybridized carbons (Fsp3) is 0.679. The number of hydrogen-bond donors (Lipinski definition) is 9. The van der Waals surface area contributed by atoms with Crippen LogP contribution >= 0.6 is 0 Å². The molecule has 0 bridgehead atoms. The topological polar surface area (TPSA) is 228 Å². The first-order chi connectivity index (χ1) is 32.6. The molecule has 9 N–H and O–H groups in total. The first kappa shape index (κ1) is 60.0. The van der Waals surface area contributed by atoms with E-state index in [1.807, 2.05) is 0 Å². The van der Waals surface area contributed by atoms with Gasteiger partial charge >= 0.3 is 0 Å². The van der Waals surface area contributed by atoms with E-state index in [1.54, 1.807) is 0 Å². The number of unbranched alkanes of at least 4 members (excludes halogenated alkanes) is 7. The van der Waals surface area contributed by atoms with Crippen molar-refractivity contribution in [2.24, 2.45) is 0 Å². The molecule has 0 spiro atoms. The third kappa shape index (κ3) is 25.9. The van der Waals surface area contributed by atoms with E-state index in [0.29, 0.717) is 12.8 Å². The lowest BCUT2D eigenvalue weighted by molar-refractivity contribution is -0.359. The van der Waals surface area contributed by atoms with Gasteiger partial charge in [-0.05, 0) is 77.0 Å². The van der Waals surface area contributed by atoms with Crippen molar-refractivity contribution in [1.29, 1.82) is 0 Å². The maximum Gasteiger partial charge on any atom is 0.220 e. The highest BCUT2D eigenvalue weighted by Crippen LogP contribution is 2.30. The number of carbonyl (C=O) groups is 1. The minimum atomic E-state index is -1.79.